The van der Waals surface area contributed by atoms with Crippen LogP contribution in [-0.2, 0) is 9.53 Å². The lowest BCUT2D eigenvalue weighted by Gasteiger charge is -2.27. The Labute approximate surface area is 220 Å². The smallest absolute Gasteiger partial charge is 0.338 e. The first kappa shape index (κ1) is 25.1. The molecule has 1 unspecified atom stereocenters. The summed E-state index contributed by atoms with van der Waals surface area (Å²) in [5.41, 5.74) is 1.37. The number of nitro groups is 1. The predicted octanol–water partition coefficient (Wildman–Crippen LogP) is 3.87. The highest BCUT2D eigenvalue weighted by molar-refractivity contribution is 7.07. The first-order valence-corrected chi connectivity index (χ1v) is 12.7. The summed E-state index contributed by atoms with van der Waals surface area (Å²) in [5.74, 6) is -0.0554. The van der Waals surface area contributed by atoms with Crippen molar-refractivity contribution in [2.45, 2.75) is 19.9 Å². The molecule has 0 saturated carbocycles. The van der Waals surface area contributed by atoms with Crippen molar-refractivity contribution in [3.8, 4) is 5.75 Å². The Balaban J connectivity index is 1.83. The lowest BCUT2D eigenvalue weighted by Crippen LogP contribution is -2.40. The van der Waals surface area contributed by atoms with Gasteiger partial charge in [0.15, 0.2) is 4.80 Å². The van der Waals surface area contributed by atoms with Gasteiger partial charge in [0.25, 0.3) is 11.2 Å². The van der Waals surface area contributed by atoms with Gasteiger partial charge in [-0.2, -0.15) is 0 Å². The molecule has 1 aliphatic heterocycles. The van der Waals surface area contributed by atoms with E-state index in [1.165, 1.54) is 16.7 Å². The summed E-state index contributed by atoms with van der Waals surface area (Å²) in [6, 6.07) is 16.6. The minimum Gasteiger partial charge on any atom is -0.496 e. The van der Waals surface area contributed by atoms with Gasteiger partial charge in [-0.3, -0.25) is 19.5 Å². The number of ether oxygens (including phenoxy) is 2. The van der Waals surface area contributed by atoms with Crippen molar-refractivity contribution in [3.05, 3.63) is 113 Å². The molecular weight excluding hydrogens is 506 g/mol. The fourth-order valence-corrected chi connectivity index (χ4v) is 5.73. The largest absolute Gasteiger partial charge is 0.496 e. The zero-order chi connectivity index (χ0) is 27.0. The standard InChI is InChI=1S/C28H23N3O6S/c1-4-37-27(33)23-16(2)29-28-30(25(23)24-20-11-6-5-9-18(20)12-13-21(24)36-3)26(32)22(38-28)15-17-8-7-10-19(14-17)31(34)35/h5-15,25H,4H2,1-3H3/b22-15-. The van der Waals surface area contributed by atoms with E-state index in [0.29, 0.717) is 31.9 Å². The van der Waals surface area contributed by atoms with Gasteiger partial charge >= 0.3 is 5.97 Å². The van der Waals surface area contributed by atoms with E-state index in [0.717, 1.165) is 22.1 Å². The van der Waals surface area contributed by atoms with E-state index in [9.17, 15) is 19.7 Å². The van der Waals surface area contributed by atoms with Gasteiger partial charge < -0.3 is 9.47 Å². The number of benzene rings is 3. The normalized spacial score (nSPS) is 15.2. The molecule has 9 nitrogen and oxygen atoms in total. The quantitative estimate of drug-likeness (QED) is 0.213. The fourth-order valence-electron chi connectivity index (χ4n) is 4.68. The Kier molecular flexibility index (Phi) is 6.64. The average Bonchev–Trinajstić information content (AvgIpc) is 3.21. The van der Waals surface area contributed by atoms with E-state index in [-0.39, 0.29) is 23.4 Å². The van der Waals surface area contributed by atoms with Crippen LogP contribution in [0.25, 0.3) is 16.8 Å². The van der Waals surface area contributed by atoms with Gasteiger partial charge in [-0.25, -0.2) is 9.79 Å². The van der Waals surface area contributed by atoms with Crippen LogP contribution in [0.15, 0.2) is 81.7 Å². The molecule has 4 aromatic rings. The van der Waals surface area contributed by atoms with E-state index in [1.807, 2.05) is 36.4 Å². The molecule has 5 rings (SSSR count). The molecule has 0 N–H and O–H groups in total. The molecule has 0 radical (unpaired) electrons. The number of nitro benzene ring substituents is 1. The highest BCUT2D eigenvalue weighted by atomic mass is 32.1. The Morgan fingerprint density at radius 3 is 2.71 bits per heavy atom. The number of fused-ring (bicyclic) bond motifs is 2. The molecule has 1 aliphatic rings. The maximum absolute atomic E-state index is 13.9. The van der Waals surface area contributed by atoms with E-state index in [1.54, 1.807) is 39.2 Å². The van der Waals surface area contributed by atoms with Crippen LogP contribution in [0.3, 0.4) is 0 Å². The SMILES string of the molecule is CCOC(=O)C1=C(C)N=c2s/c(=C\c3cccc([N+](=O)[O-])c3)c(=O)n2C1c1c(OC)ccc2ccccc12. The third kappa shape index (κ3) is 4.28. The van der Waals surface area contributed by atoms with Crippen LogP contribution < -0.4 is 19.6 Å². The van der Waals surface area contributed by atoms with Gasteiger partial charge in [0.05, 0.1) is 34.4 Å². The second-order valence-electron chi connectivity index (χ2n) is 8.56. The third-order valence-corrected chi connectivity index (χ3v) is 7.30. The van der Waals surface area contributed by atoms with E-state index in [4.69, 9.17) is 9.47 Å². The van der Waals surface area contributed by atoms with Crippen LogP contribution in [0.4, 0.5) is 5.69 Å². The van der Waals surface area contributed by atoms with Gasteiger partial charge in [-0.05, 0) is 42.3 Å². The highest BCUT2D eigenvalue weighted by Gasteiger charge is 2.36. The molecule has 3 aromatic carbocycles. The number of non-ortho nitro benzene ring substituents is 1. The molecule has 0 bridgehead atoms. The van der Waals surface area contributed by atoms with Crippen LogP contribution in [0.5, 0.6) is 5.75 Å². The molecule has 192 valence electrons. The molecule has 1 atom stereocenters. The predicted molar refractivity (Wildman–Crippen MR) is 144 cm³/mol. The van der Waals surface area contributed by atoms with Gasteiger partial charge in [-0.1, -0.05) is 53.8 Å². The molecule has 0 saturated heterocycles. The van der Waals surface area contributed by atoms with Gasteiger partial charge in [0.1, 0.15) is 11.8 Å². The summed E-state index contributed by atoms with van der Waals surface area (Å²) in [7, 11) is 1.54. The summed E-state index contributed by atoms with van der Waals surface area (Å²) >= 11 is 1.15. The number of hydrogen-bond acceptors (Lipinski definition) is 8. The molecule has 1 aromatic heterocycles. The topological polar surface area (TPSA) is 113 Å². The molecule has 0 aliphatic carbocycles. The van der Waals surface area contributed by atoms with Crippen molar-refractivity contribution in [2.75, 3.05) is 13.7 Å². The Morgan fingerprint density at radius 2 is 1.97 bits per heavy atom. The number of rotatable bonds is 6. The highest BCUT2D eigenvalue weighted by Crippen LogP contribution is 2.40. The molecule has 0 spiro atoms. The Bertz CT molecular complexity index is 1820. The number of thiazole rings is 1. The number of allylic oxidation sites excluding steroid dienone is 1. The molecule has 0 amide bonds. The first-order chi connectivity index (χ1) is 18.3. The van der Waals surface area contributed by atoms with Crippen molar-refractivity contribution in [1.82, 2.24) is 4.57 Å². The van der Waals surface area contributed by atoms with Crippen LogP contribution in [-0.4, -0.2) is 29.2 Å². The van der Waals surface area contributed by atoms with E-state index in [2.05, 4.69) is 4.99 Å². The minimum atomic E-state index is -0.862. The third-order valence-electron chi connectivity index (χ3n) is 6.32. The lowest BCUT2D eigenvalue weighted by atomic mass is 9.90. The van der Waals surface area contributed by atoms with Crippen molar-refractivity contribution in [3.63, 3.8) is 0 Å². The first-order valence-electron chi connectivity index (χ1n) is 11.8. The van der Waals surface area contributed by atoms with Crippen LogP contribution in [0.2, 0.25) is 0 Å². The van der Waals surface area contributed by atoms with Gasteiger partial charge in [-0.15, -0.1) is 0 Å². The maximum atomic E-state index is 13.9. The number of hydrogen-bond donors (Lipinski definition) is 0. The number of esters is 1. The summed E-state index contributed by atoms with van der Waals surface area (Å²) in [6.07, 6.45) is 1.59. The fraction of sp³-hybridized carbons (Fsp3) is 0.179. The Morgan fingerprint density at radius 1 is 1.18 bits per heavy atom. The summed E-state index contributed by atoms with van der Waals surface area (Å²) < 4.78 is 12.9. The van der Waals surface area contributed by atoms with Crippen LogP contribution in [0, 0.1) is 10.1 Å². The number of nitrogens with zero attached hydrogens (tertiary/aromatic N) is 3. The van der Waals surface area contributed by atoms with E-state index >= 15 is 0 Å². The van der Waals surface area contributed by atoms with E-state index < -0.39 is 16.9 Å². The summed E-state index contributed by atoms with van der Waals surface area (Å²) in [5, 5.41) is 13.0. The zero-order valence-electron chi connectivity index (χ0n) is 20.8. The molecular formula is C28H23N3O6S. The molecule has 2 heterocycles. The molecule has 0 fully saturated rings. The molecule has 38 heavy (non-hydrogen) atoms. The summed E-state index contributed by atoms with van der Waals surface area (Å²) in [6.45, 7) is 3.59. The van der Waals surface area contributed by atoms with Crippen molar-refractivity contribution in [2.24, 2.45) is 4.99 Å². The van der Waals surface area contributed by atoms with Crippen molar-refractivity contribution >= 4 is 39.8 Å². The molecule has 10 heteroatoms. The number of aromatic nitrogens is 1. The minimum absolute atomic E-state index is 0.0784. The zero-order valence-corrected chi connectivity index (χ0v) is 21.7. The second-order valence-corrected chi connectivity index (χ2v) is 9.57. The number of carbonyl (C=O) groups is 1. The van der Waals surface area contributed by atoms with Gasteiger partial charge in [0, 0.05) is 17.7 Å². The van der Waals surface area contributed by atoms with Crippen molar-refractivity contribution in [1.29, 1.82) is 0 Å². The average molecular weight is 530 g/mol. The number of methoxy groups -OCH3 is 1. The van der Waals surface area contributed by atoms with Crippen LogP contribution in [0.1, 0.15) is 31.0 Å². The van der Waals surface area contributed by atoms with Gasteiger partial charge in [0.2, 0.25) is 0 Å². The van der Waals surface area contributed by atoms with Crippen LogP contribution >= 0.6 is 11.3 Å². The Hall–Kier alpha value is -4.57. The maximum Gasteiger partial charge on any atom is 0.338 e. The lowest BCUT2D eigenvalue weighted by molar-refractivity contribution is -0.384. The summed E-state index contributed by atoms with van der Waals surface area (Å²) in [4.78, 5) is 43.0. The number of carbonyl (C=O) groups excluding carboxylic acids is 1. The van der Waals surface area contributed by atoms with Crippen molar-refractivity contribution < 1.29 is 19.2 Å². The monoisotopic (exact) mass is 529 g/mol. The second kappa shape index (κ2) is 10.1.